The molecule has 1 heterocycles. The smallest absolute Gasteiger partial charge is 0.407 e. The first-order valence-corrected chi connectivity index (χ1v) is 8.91. The highest BCUT2D eigenvalue weighted by Crippen LogP contribution is 2.30. The molecule has 0 aromatic heterocycles. The van der Waals surface area contributed by atoms with E-state index < -0.39 is 23.9 Å². The van der Waals surface area contributed by atoms with Crippen LogP contribution < -0.4 is 5.32 Å². The van der Waals surface area contributed by atoms with Gasteiger partial charge in [0.25, 0.3) is 0 Å². The van der Waals surface area contributed by atoms with Gasteiger partial charge in [0.05, 0.1) is 24.3 Å². The molecule has 1 aliphatic heterocycles. The molecule has 2 aliphatic rings. The fourth-order valence-electron chi connectivity index (χ4n) is 3.85. The number of hydrogen-bond donors (Lipinski definition) is 3. The Hall–Kier alpha value is -1.63. The Morgan fingerprint density at radius 2 is 1.92 bits per heavy atom. The van der Waals surface area contributed by atoms with Crippen LogP contribution in [-0.4, -0.2) is 57.6 Å². The van der Waals surface area contributed by atoms with Crippen molar-refractivity contribution in [1.82, 2.24) is 10.2 Å². The van der Waals surface area contributed by atoms with Gasteiger partial charge in [-0.3, -0.25) is 4.90 Å². The minimum absolute atomic E-state index is 0.323. The molecule has 0 saturated heterocycles. The molecular weight excluding hydrogens is 320 g/mol. The molecule has 138 valence electrons. The Balaban J connectivity index is 1.72. The van der Waals surface area contributed by atoms with Crippen molar-refractivity contribution >= 4 is 6.09 Å². The number of alkyl carbamates (subject to hydrolysis) is 1. The van der Waals surface area contributed by atoms with Gasteiger partial charge in [0.15, 0.2) is 0 Å². The maximum atomic E-state index is 12.1. The third-order valence-electron chi connectivity index (χ3n) is 4.94. The number of amides is 1. The van der Waals surface area contributed by atoms with Crippen molar-refractivity contribution in [3.05, 3.63) is 35.4 Å². The van der Waals surface area contributed by atoms with Crippen LogP contribution in [0.25, 0.3) is 0 Å². The van der Waals surface area contributed by atoms with E-state index >= 15 is 0 Å². The highest BCUT2D eigenvalue weighted by atomic mass is 16.6. The van der Waals surface area contributed by atoms with Crippen molar-refractivity contribution < 1.29 is 19.7 Å². The molecule has 1 aromatic carbocycles. The molecule has 0 radical (unpaired) electrons. The number of fused-ring (bicyclic) bond motifs is 1. The van der Waals surface area contributed by atoms with Crippen LogP contribution in [0.1, 0.15) is 38.3 Å². The van der Waals surface area contributed by atoms with Crippen LogP contribution in [0, 0.1) is 0 Å². The highest BCUT2D eigenvalue weighted by Gasteiger charge is 2.46. The van der Waals surface area contributed by atoms with E-state index in [0.29, 0.717) is 13.0 Å². The van der Waals surface area contributed by atoms with Crippen molar-refractivity contribution in [3.8, 4) is 0 Å². The van der Waals surface area contributed by atoms with E-state index in [-0.39, 0.29) is 12.1 Å². The summed E-state index contributed by atoms with van der Waals surface area (Å²) in [5.41, 5.74) is 1.97. The standard InChI is InChI=1S/C19H28N2O4/c1-19(2,3)25-18(24)20-14-10-15(22)17(23)16(14)21-9-8-12-6-4-5-7-13(12)11-21/h4-7,14-17,22-23H,8-11H2,1-3H3,(H,20,24)/t14-,15+,16+,17+/m1/s1. The molecule has 1 amide bonds. The van der Waals surface area contributed by atoms with Crippen LogP contribution in [0.2, 0.25) is 0 Å². The normalized spacial score (nSPS) is 30.0. The maximum Gasteiger partial charge on any atom is 0.407 e. The maximum absolute atomic E-state index is 12.1. The van der Waals surface area contributed by atoms with E-state index in [2.05, 4.69) is 22.3 Å². The van der Waals surface area contributed by atoms with Crippen molar-refractivity contribution in [2.24, 2.45) is 0 Å². The van der Waals surface area contributed by atoms with Gasteiger partial charge in [0.1, 0.15) is 5.60 Å². The largest absolute Gasteiger partial charge is 0.444 e. The second kappa shape index (κ2) is 6.94. The molecule has 3 N–H and O–H groups in total. The highest BCUT2D eigenvalue weighted by molar-refractivity contribution is 5.68. The van der Waals surface area contributed by atoms with E-state index in [4.69, 9.17) is 4.74 Å². The zero-order valence-corrected chi connectivity index (χ0v) is 15.1. The van der Waals surface area contributed by atoms with Crippen LogP contribution >= 0.6 is 0 Å². The number of nitrogens with zero attached hydrogens (tertiary/aromatic N) is 1. The SMILES string of the molecule is CC(C)(C)OC(=O)N[C@@H]1C[C@H](O)[C@H](O)[C@H]1N1CCc2ccccc2C1. The van der Waals surface area contributed by atoms with E-state index in [9.17, 15) is 15.0 Å². The summed E-state index contributed by atoms with van der Waals surface area (Å²) in [5.74, 6) is 0. The van der Waals surface area contributed by atoms with Crippen molar-refractivity contribution in [2.75, 3.05) is 6.54 Å². The van der Waals surface area contributed by atoms with Gasteiger partial charge in [0.2, 0.25) is 0 Å². The summed E-state index contributed by atoms with van der Waals surface area (Å²) in [4.78, 5) is 14.3. The van der Waals surface area contributed by atoms with Gasteiger partial charge in [-0.2, -0.15) is 0 Å². The van der Waals surface area contributed by atoms with E-state index in [0.717, 1.165) is 13.0 Å². The number of aliphatic hydroxyl groups excluding tert-OH is 2. The molecule has 1 saturated carbocycles. The van der Waals surface area contributed by atoms with Gasteiger partial charge in [-0.15, -0.1) is 0 Å². The van der Waals surface area contributed by atoms with Crippen molar-refractivity contribution in [3.63, 3.8) is 0 Å². The number of benzene rings is 1. The predicted molar refractivity (Wildman–Crippen MR) is 94.1 cm³/mol. The molecule has 25 heavy (non-hydrogen) atoms. The quantitative estimate of drug-likeness (QED) is 0.753. The Morgan fingerprint density at radius 1 is 1.24 bits per heavy atom. The van der Waals surface area contributed by atoms with Crippen LogP contribution in [0.5, 0.6) is 0 Å². The Morgan fingerprint density at radius 3 is 2.60 bits per heavy atom. The fourth-order valence-corrected chi connectivity index (χ4v) is 3.85. The Bertz CT molecular complexity index is 628. The molecule has 4 atom stereocenters. The lowest BCUT2D eigenvalue weighted by Crippen LogP contribution is -2.54. The van der Waals surface area contributed by atoms with Gasteiger partial charge in [-0.05, 0) is 44.7 Å². The minimum Gasteiger partial charge on any atom is -0.444 e. The fraction of sp³-hybridized carbons (Fsp3) is 0.632. The van der Waals surface area contributed by atoms with Crippen LogP contribution in [0.15, 0.2) is 24.3 Å². The average Bonchev–Trinajstić information content (AvgIpc) is 2.79. The summed E-state index contributed by atoms with van der Waals surface area (Å²) in [6.45, 7) is 6.92. The first-order chi connectivity index (χ1) is 11.7. The third-order valence-corrected chi connectivity index (χ3v) is 4.94. The van der Waals surface area contributed by atoms with E-state index in [1.807, 2.05) is 32.9 Å². The monoisotopic (exact) mass is 348 g/mol. The average molecular weight is 348 g/mol. The summed E-state index contributed by atoms with van der Waals surface area (Å²) in [6, 6.07) is 7.60. The number of hydrogen-bond acceptors (Lipinski definition) is 5. The Kier molecular flexibility index (Phi) is 5.04. The zero-order valence-electron chi connectivity index (χ0n) is 15.1. The lowest BCUT2D eigenvalue weighted by atomic mass is 9.97. The van der Waals surface area contributed by atoms with Crippen LogP contribution in [0.4, 0.5) is 4.79 Å². The summed E-state index contributed by atoms with van der Waals surface area (Å²) >= 11 is 0. The first kappa shape index (κ1) is 18.2. The van der Waals surface area contributed by atoms with Crippen LogP contribution in [-0.2, 0) is 17.7 Å². The molecule has 1 fully saturated rings. The molecule has 1 aromatic rings. The summed E-state index contributed by atoms with van der Waals surface area (Å²) in [5, 5.41) is 23.5. The van der Waals surface area contributed by atoms with Crippen molar-refractivity contribution in [2.45, 2.75) is 70.1 Å². The van der Waals surface area contributed by atoms with Gasteiger partial charge in [-0.1, -0.05) is 24.3 Å². The second-order valence-corrected chi connectivity index (χ2v) is 8.03. The number of ether oxygens (including phenoxy) is 1. The lowest BCUT2D eigenvalue weighted by molar-refractivity contribution is -0.00800. The van der Waals surface area contributed by atoms with E-state index in [1.165, 1.54) is 11.1 Å². The molecule has 6 heteroatoms. The predicted octanol–water partition coefficient (Wildman–Crippen LogP) is 1.43. The molecular formula is C19H28N2O4. The van der Waals surface area contributed by atoms with Crippen molar-refractivity contribution in [1.29, 1.82) is 0 Å². The number of carbonyl (C=O) groups excluding carboxylic acids is 1. The second-order valence-electron chi connectivity index (χ2n) is 8.03. The lowest BCUT2D eigenvalue weighted by Gasteiger charge is -2.38. The number of rotatable bonds is 2. The number of carbonyl (C=O) groups is 1. The zero-order chi connectivity index (χ0) is 18.2. The molecule has 0 spiro atoms. The topological polar surface area (TPSA) is 82.0 Å². The summed E-state index contributed by atoms with van der Waals surface area (Å²) in [7, 11) is 0. The first-order valence-electron chi connectivity index (χ1n) is 8.91. The van der Waals surface area contributed by atoms with Gasteiger partial charge in [-0.25, -0.2) is 4.79 Å². The van der Waals surface area contributed by atoms with Gasteiger partial charge < -0.3 is 20.3 Å². The third kappa shape index (κ3) is 4.14. The molecule has 0 unspecified atom stereocenters. The molecule has 6 nitrogen and oxygen atoms in total. The van der Waals surface area contributed by atoms with Gasteiger partial charge >= 0.3 is 6.09 Å². The minimum atomic E-state index is -0.884. The summed E-state index contributed by atoms with van der Waals surface area (Å²) in [6.07, 6.45) is -1.02. The molecule has 1 aliphatic carbocycles. The number of nitrogens with one attached hydrogen (secondary N) is 1. The van der Waals surface area contributed by atoms with Gasteiger partial charge in [0, 0.05) is 13.1 Å². The Labute approximate surface area is 148 Å². The number of aliphatic hydroxyl groups is 2. The molecule has 3 rings (SSSR count). The molecule has 0 bridgehead atoms. The van der Waals surface area contributed by atoms with Crippen LogP contribution in [0.3, 0.4) is 0 Å². The summed E-state index contributed by atoms with van der Waals surface area (Å²) < 4.78 is 5.33. The van der Waals surface area contributed by atoms with E-state index in [1.54, 1.807) is 0 Å².